The lowest BCUT2D eigenvalue weighted by Crippen LogP contribution is -3.00. The summed E-state index contributed by atoms with van der Waals surface area (Å²) in [5, 5.41) is 4.79. The second-order valence-electron chi connectivity index (χ2n) is 6.91. The van der Waals surface area contributed by atoms with Gasteiger partial charge in [0, 0.05) is 24.7 Å². The van der Waals surface area contributed by atoms with Crippen LogP contribution < -0.4 is 70.2 Å². The van der Waals surface area contributed by atoms with Crippen LogP contribution in [0.15, 0.2) is 24.8 Å². The van der Waals surface area contributed by atoms with Crippen molar-refractivity contribution in [3.63, 3.8) is 0 Å². The Kier molecular flexibility index (Phi) is 14.5. The third-order valence-corrected chi connectivity index (χ3v) is 4.82. The summed E-state index contributed by atoms with van der Waals surface area (Å²) in [5.74, 6) is 4.23. The van der Waals surface area contributed by atoms with Crippen molar-refractivity contribution in [1.29, 1.82) is 0 Å². The zero-order valence-electron chi connectivity index (χ0n) is 15.1. The smallest absolute Gasteiger partial charge is 0.311 e. The largest absolute Gasteiger partial charge is 1.00 e. The maximum Gasteiger partial charge on any atom is 0.311 e. The van der Waals surface area contributed by atoms with Crippen molar-refractivity contribution in [3.8, 4) is 0 Å². The standard InChI is InChI=1S/2C8H13N3.4ClH/c2*1-6-4-7(11-5-6)8-9-2-3-10-8;;;;/h2*2-3,6-7,11H,4-5H2,1H3,(H,9,10);4*1H/t2*6-,7-;;;;/m00..../s1. The van der Waals surface area contributed by atoms with E-state index in [4.69, 9.17) is 0 Å². The molecule has 2 aromatic rings. The Labute approximate surface area is 180 Å². The van der Waals surface area contributed by atoms with Gasteiger partial charge in [0.2, 0.25) is 0 Å². The zero-order valence-corrected chi connectivity index (χ0v) is 18.1. The van der Waals surface area contributed by atoms with E-state index in [2.05, 4.69) is 44.4 Å². The van der Waals surface area contributed by atoms with Gasteiger partial charge in [-0.25, -0.2) is 19.9 Å². The Bertz CT molecular complexity index is 501. The fraction of sp³-hybridized carbons (Fsp3) is 0.625. The average Bonchev–Trinajstić information content (AvgIpc) is 3.28. The third kappa shape index (κ3) is 7.62. The molecule has 152 valence electrons. The maximum absolute atomic E-state index is 3.21. The Hall–Kier alpha value is -0.500. The van der Waals surface area contributed by atoms with Gasteiger partial charge in [0.25, 0.3) is 0 Å². The van der Waals surface area contributed by atoms with Crippen LogP contribution in [0.1, 0.15) is 50.4 Å². The summed E-state index contributed by atoms with van der Waals surface area (Å²) in [6.07, 6.45) is 10.4. The predicted octanol–water partition coefficient (Wildman–Crippen LogP) is -13.0. The van der Waals surface area contributed by atoms with E-state index in [0.717, 1.165) is 11.8 Å². The van der Waals surface area contributed by atoms with Crippen molar-refractivity contribution in [1.82, 2.24) is 9.97 Å². The summed E-state index contributed by atoms with van der Waals surface area (Å²) < 4.78 is 0. The second-order valence-corrected chi connectivity index (χ2v) is 6.91. The van der Waals surface area contributed by atoms with Gasteiger partial charge in [-0.05, 0) is 0 Å². The van der Waals surface area contributed by atoms with Gasteiger partial charge in [0.05, 0.1) is 13.1 Å². The van der Waals surface area contributed by atoms with Crippen molar-refractivity contribution in [2.24, 2.45) is 11.8 Å². The molecule has 4 heterocycles. The third-order valence-electron chi connectivity index (χ3n) is 4.82. The lowest BCUT2D eigenvalue weighted by Gasteiger charge is -1.95. The second kappa shape index (κ2) is 13.6. The summed E-state index contributed by atoms with van der Waals surface area (Å²) >= 11 is 0. The number of nitrogens with one attached hydrogen (secondary N) is 4. The molecular weight excluding hydrogens is 418 g/mol. The average molecular weight is 448 g/mol. The summed E-state index contributed by atoms with van der Waals surface area (Å²) in [4.78, 5) is 12.9. The Morgan fingerprint density at radius 1 is 0.769 bits per heavy atom. The van der Waals surface area contributed by atoms with Gasteiger partial charge in [-0.3, -0.25) is 0 Å². The molecule has 0 aliphatic carbocycles. The number of hydrogen-bond acceptors (Lipinski definition) is 0. The van der Waals surface area contributed by atoms with Crippen LogP contribution in [0, 0.1) is 11.8 Å². The molecule has 6 nitrogen and oxygen atoms in total. The number of halogens is 4. The molecule has 0 aromatic carbocycles. The van der Waals surface area contributed by atoms with Gasteiger partial charge in [0.1, 0.15) is 24.8 Å². The first-order chi connectivity index (χ1) is 10.7. The maximum atomic E-state index is 3.21. The van der Waals surface area contributed by atoms with Gasteiger partial charge < -0.3 is 60.3 Å². The number of rotatable bonds is 2. The molecule has 2 aromatic heterocycles. The van der Waals surface area contributed by atoms with Gasteiger partial charge in [-0.1, -0.05) is 13.8 Å². The highest BCUT2D eigenvalue weighted by Gasteiger charge is 2.31. The molecule has 8 N–H and O–H groups in total. The van der Waals surface area contributed by atoms with Gasteiger partial charge in [0.15, 0.2) is 12.1 Å². The minimum absolute atomic E-state index is 0. The van der Waals surface area contributed by atoms with Crippen LogP contribution in [0.2, 0.25) is 0 Å². The fourth-order valence-electron chi connectivity index (χ4n) is 3.55. The van der Waals surface area contributed by atoms with Crippen molar-refractivity contribution in [2.45, 2.75) is 38.8 Å². The molecule has 10 heteroatoms. The van der Waals surface area contributed by atoms with Gasteiger partial charge in [-0.2, -0.15) is 0 Å². The Balaban J connectivity index is 0. The Morgan fingerprint density at radius 3 is 1.38 bits per heavy atom. The van der Waals surface area contributed by atoms with Crippen molar-refractivity contribution in [3.05, 3.63) is 36.4 Å². The number of hydrogen-bond donors (Lipinski definition) is 4. The molecule has 2 aliphatic heterocycles. The number of aromatic amines is 4. The van der Waals surface area contributed by atoms with Crippen molar-refractivity contribution in [2.75, 3.05) is 13.1 Å². The summed E-state index contributed by atoms with van der Waals surface area (Å²) in [6.45, 7) is 7.13. The molecular formula is C16H30Cl4N6. The van der Waals surface area contributed by atoms with Crippen LogP contribution >= 0.6 is 0 Å². The molecule has 0 radical (unpaired) electrons. The van der Waals surface area contributed by atoms with E-state index in [1.807, 2.05) is 24.8 Å². The number of quaternary nitrogens is 2. The fourth-order valence-corrected chi connectivity index (χ4v) is 3.55. The van der Waals surface area contributed by atoms with Crippen LogP contribution in [0.3, 0.4) is 0 Å². The number of imidazole rings is 2. The molecule has 26 heavy (non-hydrogen) atoms. The lowest BCUT2D eigenvalue weighted by atomic mass is 10.1. The van der Waals surface area contributed by atoms with E-state index < -0.39 is 0 Å². The minimum atomic E-state index is 0. The van der Waals surface area contributed by atoms with Crippen molar-refractivity contribution >= 4 is 0 Å². The summed E-state index contributed by atoms with van der Waals surface area (Å²) in [6, 6.07) is 1.28. The number of nitrogens with two attached hydrogens (primary N) is 2. The minimum Gasteiger partial charge on any atom is -1.00 e. The Morgan fingerprint density at radius 2 is 1.15 bits per heavy atom. The monoisotopic (exact) mass is 446 g/mol. The topological polar surface area (TPSA) is 93.1 Å². The first-order valence-corrected chi connectivity index (χ1v) is 8.49. The van der Waals surface area contributed by atoms with Crippen LogP contribution in [-0.2, 0) is 0 Å². The predicted molar refractivity (Wildman–Crippen MR) is 81.3 cm³/mol. The molecule has 0 amide bonds. The van der Waals surface area contributed by atoms with Gasteiger partial charge >= 0.3 is 11.6 Å². The van der Waals surface area contributed by atoms with E-state index in [0.29, 0.717) is 12.1 Å². The van der Waals surface area contributed by atoms with E-state index >= 15 is 0 Å². The molecule has 0 unspecified atom stereocenters. The van der Waals surface area contributed by atoms with E-state index in [9.17, 15) is 0 Å². The molecule has 2 fully saturated rings. The van der Waals surface area contributed by atoms with Crippen molar-refractivity contribution < 1.29 is 70.2 Å². The van der Waals surface area contributed by atoms with Crippen LogP contribution in [-0.4, -0.2) is 23.1 Å². The molecule has 2 aliphatic rings. The van der Waals surface area contributed by atoms with Crippen LogP contribution in [0.4, 0.5) is 0 Å². The molecule has 0 spiro atoms. The summed E-state index contributed by atoms with van der Waals surface area (Å²) in [7, 11) is 0. The quantitative estimate of drug-likeness (QED) is 0.352. The highest BCUT2D eigenvalue weighted by atomic mass is 35.5. The van der Waals surface area contributed by atoms with Gasteiger partial charge in [-0.15, -0.1) is 0 Å². The van der Waals surface area contributed by atoms with Crippen LogP contribution in [0.25, 0.3) is 0 Å². The molecule has 4 atom stereocenters. The van der Waals surface area contributed by atoms with Crippen LogP contribution in [0.5, 0.6) is 0 Å². The first-order valence-electron chi connectivity index (χ1n) is 8.49. The SMILES string of the molecule is C[C@@H]1C[NH2+][C@H](c2[nH]cc[nH+]2)C1.C[C@@H]1C[NH2+][C@H](c2[nH]cc[nH+]2)C1.[Cl-].[Cl-].[Cl-].[Cl-]. The summed E-state index contributed by atoms with van der Waals surface area (Å²) in [5.41, 5.74) is 0. The van der Waals surface area contributed by atoms with E-state index in [1.54, 1.807) is 0 Å². The number of aromatic nitrogens is 4. The number of H-pyrrole nitrogens is 4. The highest BCUT2D eigenvalue weighted by molar-refractivity contribution is 4.85. The molecule has 2 saturated heterocycles. The van der Waals surface area contributed by atoms with E-state index in [1.165, 1.54) is 37.6 Å². The highest BCUT2D eigenvalue weighted by Crippen LogP contribution is 2.16. The lowest BCUT2D eigenvalue weighted by molar-refractivity contribution is -0.690. The molecule has 0 bridgehead atoms. The molecule has 0 saturated carbocycles. The zero-order chi connectivity index (χ0) is 15.4. The normalized spacial score (nSPS) is 26.2. The first kappa shape index (κ1) is 27.7. The van der Waals surface area contributed by atoms with E-state index in [-0.39, 0.29) is 49.6 Å². The molecule has 4 rings (SSSR count).